The number of aromatic nitrogens is 1. The predicted octanol–water partition coefficient (Wildman–Crippen LogP) is 5.99. The van der Waals surface area contributed by atoms with Crippen LogP contribution >= 0.6 is 0 Å². The molecule has 1 aromatic heterocycles. The van der Waals surface area contributed by atoms with Crippen molar-refractivity contribution in [1.82, 2.24) is 15.6 Å². The van der Waals surface area contributed by atoms with E-state index in [2.05, 4.69) is 21.7 Å². The number of H-pyrrole nitrogens is 1. The van der Waals surface area contributed by atoms with Gasteiger partial charge < -0.3 is 20.4 Å². The first-order valence-electron chi connectivity index (χ1n) is 14.5. The van der Waals surface area contributed by atoms with Crippen LogP contribution < -0.4 is 10.6 Å². The Balaban J connectivity index is 1.27. The number of fused-ring (bicyclic) bond motifs is 1. The SMILES string of the molecule is CCNC(=O)c1ccc(COC(=O)C(Cc2ccccc2)NC(=O)CCc2c(-c3ccccc3)[nH]c3ccccc23)cc1. The highest BCUT2D eigenvalue weighted by Crippen LogP contribution is 2.31. The molecule has 4 aromatic carbocycles. The van der Waals surface area contributed by atoms with Gasteiger partial charge in [-0.3, -0.25) is 9.59 Å². The van der Waals surface area contributed by atoms with Crippen LogP contribution in [0.4, 0.5) is 0 Å². The molecular formula is C36H35N3O4. The Hall–Kier alpha value is -5.17. The molecule has 5 rings (SSSR count). The molecule has 0 radical (unpaired) electrons. The van der Waals surface area contributed by atoms with E-state index in [4.69, 9.17) is 4.74 Å². The summed E-state index contributed by atoms with van der Waals surface area (Å²) >= 11 is 0. The van der Waals surface area contributed by atoms with E-state index in [1.165, 1.54) is 0 Å². The maximum atomic E-state index is 13.3. The maximum Gasteiger partial charge on any atom is 0.329 e. The van der Waals surface area contributed by atoms with Crippen LogP contribution in [0.1, 0.15) is 40.4 Å². The minimum Gasteiger partial charge on any atom is -0.459 e. The van der Waals surface area contributed by atoms with Crippen LogP contribution in [0.2, 0.25) is 0 Å². The maximum absolute atomic E-state index is 13.3. The summed E-state index contributed by atoms with van der Waals surface area (Å²) in [7, 11) is 0. The molecule has 0 saturated heterocycles. The standard InChI is InChI=1S/C36H35N3O4/c1-2-37-35(41)28-19-17-26(18-20-28)24-43-36(42)32(23-25-11-5-3-6-12-25)38-33(40)22-21-30-29-15-9-10-16-31(29)39-34(30)27-13-7-4-8-14-27/h3-20,32,39H,2,21-24H2,1H3,(H,37,41)(H,38,40). The van der Waals surface area contributed by atoms with Gasteiger partial charge >= 0.3 is 5.97 Å². The van der Waals surface area contributed by atoms with Crippen LogP contribution in [0.3, 0.4) is 0 Å². The normalized spacial score (nSPS) is 11.6. The Morgan fingerprint density at radius 3 is 2.19 bits per heavy atom. The third-order valence-electron chi connectivity index (χ3n) is 7.32. The smallest absolute Gasteiger partial charge is 0.329 e. The number of aromatic amines is 1. The van der Waals surface area contributed by atoms with E-state index in [1.54, 1.807) is 24.3 Å². The number of carbonyl (C=O) groups excluding carboxylic acids is 3. The van der Waals surface area contributed by atoms with Gasteiger partial charge in [-0.25, -0.2) is 4.79 Å². The lowest BCUT2D eigenvalue weighted by molar-refractivity contribution is -0.149. The van der Waals surface area contributed by atoms with Crippen LogP contribution in [0.15, 0.2) is 109 Å². The molecule has 0 fully saturated rings. The number of aryl methyl sites for hydroxylation is 1. The fourth-order valence-electron chi connectivity index (χ4n) is 5.13. The molecule has 0 bridgehead atoms. The van der Waals surface area contributed by atoms with E-state index in [-0.39, 0.29) is 24.8 Å². The zero-order valence-electron chi connectivity index (χ0n) is 24.1. The minimum atomic E-state index is -0.846. The number of carbonyl (C=O) groups is 3. The molecule has 7 nitrogen and oxygen atoms in total. The van der Waals surface area contributed by atoms with Crippen molar-refractivity contribution in [2.24, 2.45) is 0 Å². The number of nitrogens with one attached hydrogen (secondary N) is 3. The Kier molecular flexibility index (Phi) is 9.64. The summed E-state index contributed by atoms with van der Waals surface area (Å²) in [6.45, 7) is 2.44. The molecule has 0 saturated carbocycles. The van der Waals surface area contributed by atoms with Crippen molar-refractivity contribution in [3.05, 3.63) is 131 Å². The lowest BCUT2D eigenvalue weighted by atomic mass is 10.0. The number of hydrogen-bond donors (Lipinski definition) is 3. The first kappa shape index (κ1) is 29.3. The van der Waals surface area contributed by atoms with Gasteiger partial charge in [-0.05, 0) is 53.8 Å². The van der Waals surface area contributed by atoms with Gasteiger partial charge in [-0.15, -0.1) is 0 Å². The quantitative estimate of drug-likeness (QED) is 0.160. The third-order valence-corrected chi connectivity index (χ3v) is 7.32. The fraction of sp³-hybridized carbons (Fsp3) is 0.194. The Bertz CT molecular complexity index is 1680. The highest BCUT2D eigenvalue weighted by atomic mass is 16.5. The third kappa shape index (κ3) is 7.57. The van der Waals surface area contributed by atoms with E-state index in [0.717, 1.165) is 38.9 Å². The molecule has 7 heteroatoms. The van der Waals surface area contributed by atoms with Gasteiger partial charge in [0, 0.05) is 41.5 Å². The Labute approximate surface area is 251 Å². The molecule has 3 N–H and O–H groups in total. The van der Waals surface area contributed by atoms with Crippen LogP contribution in [0.5, 0.6) is 0 Å². The van der Waals surface area contributed by atoms with Gasteiger partial charge in [0.25, 0.3) is 5.91 Å². The van der Waals surface area contributed by atoms with Crippen LogP contribution in [-0.4, -0.2) is 35.4 Å². The molecule has 43 heavy (non-hydrogen) atoms. The molecule has 0 aliphatic rings. The molecule has 2 amide bonds. The number of para-hydroxylation sites is 1. The van der Waals surface area contributed by atoms with Crippen molar-refractivity contribution in [2.75, 3.05) is 6.54 Å². The summed E-state index contributed by atoms with van der Waals surface area (Å²) in [4.78, 5) is 42.1. The van der Waals surface area contributed by atoms with Crippen LogP contribution in [-0.2, 0) is 33.8 Å². The van der Waals surface area contributed by atoms with E-state index < -0.39 is 12.0 Å². The highest BCUT2D eigenvalue weighted by Gasteiger charge is 2.24. The molecule has 218 valence electrons. The number of rotatable bonds is 12. The number of hydrogen-bond acceptors (Lipinski definition) is 4. The fourth-order valence-corrected chi connectivity index (χ4v) is 5.13. The molecule has 1 unspecified atom stereocenters. The average molecular weight is 574 g/mol. The van der Waals surface area contributed by atoms with Gasteiger partial charge in [-0.2, -0.15) is 0 Å². The summed E-state index contributed by atoms with van der Waals surface area (Å²) in [5.41, 5.74) is 6.33. The highest BCUT2D eigenvalue weighted by molar-refractivity contribution is 5.94. The Morgan fingerprint density at radius 2 is 1.47 bits per heavy atom. The number of esters is 1. The lowest BCUT2D eigenvalue weighted by Crippen LogP contribution is -2.43. The molecule has 0 aliphatic heterocycles. The number of ether oxygens (including phenoxy) is 1. The average Bonchev–Trinajstić information content (AvgIpc) is 3.42. The second-order valence-corrected chi connectivity index (χ2v) is 10.4. The molecule has 1 atom stereocenters. The zero-order valence-corrected chi connectivity index (χ0v) is 24.1. The van der Waals surface area contributed by atoms with Gasteiger partial charge in [0.15, 0.2) is 0 Å². The van der Waals surface area contributed by atoms with Crippen LogP contribution in [0, 0.1) is 0 Å². The van der Waals surface area contributed by atoms with Gasteiger partial charge in [0.05, 0.1) is 0 Å². The monoisotopic (exact) mass is 573 g/mol. The Morgan fingerprint density at radius 1 is 0.791 bits per heavy atom. The second-order valence-electron chi connectivity index (χ2n) is 10.4. The van der Waals surface area contributed by atoms with Crippen molar-refractivity contribution in [2.45, 2.75) is 38.8 Å². The summed E-state index contributed by atoms with van der Waals surface area (Å²) in [5, 5.41) is 6.77. The second kappa shape index (κ2) is 14.1. The van der Waals surface area contributed by atoms with Crippen molar-refractivity contribution >= 4 is 28.7 Å². The topological polar surface area (TPSA) is 100 Å². The van der Waals surface area contributed by atoms with E-state index in [0.29, 0.717) is 24.9 Å². The molecule has 0 spiro atoms. The van der Waals surface area contributed by atoms with Gasteiger partial charge in [0.2, 0.25) is 5.91 Å². The van der Waals surface area contributed by atoms with E-state index in [1.807, 2.05) is 85.8 Å². The van der Waals surface area contributed by atoms with E-state index >= 15 is 0 Å². The zero-order chi connectivity index (χ0) is 30.0. The largest absolute Gasteiger partial charge is 0.459 e. The molecule has 5 aromatic rings. The van der Waals surface area contributed by atoms with Crippen molar-refractivity contribution < 1.29 is 19.1 Å². The van der Waals surface area contributed by atoms with E-state index in [9.17, 15) is 14.4 Å². The van der Waals surface area contributed by atoms with Gasteiger partial charge in [0.1, 0.15) is 12.6 Å². The van der Waals surface area contributed by atoms with Gasteiger partial charge in [-0.1, -0.05) is 91.0 Å². The van der Waals surface area contributed by atoms with Crippen LogP contribution in [0.25, 0.3) is 22.2 Å². The first-order valence-corrected chi connectivity index (χ1v) is 14.5. The summed E-state index contributed by atoms with van der Waals surface area (Å²) < 4.78 is 5.64. The minimum absolute atomic E-state index is 0.0332. The first-order chi connectivity index (χ1) is 21.0. The number of benzene rings is 4. The molecule has 1 heterocycles. The lowest BCUT2D eigenvalue weighted by Gasteiger charge is -2.18. The van der Waals surface area contributed by atoms with Crippen molar-refractivity contribution in [3.63, 3.8) is 0 Å². The van der Waals surface area contributed by atoms with Crippen molar-refractivity contribution in [3.8, 4) is 11.3 Å². The summed E-state index contributed by atoms with van der Waals surface area (Å²) in [6, 6.07) is 33.8. The number of amides is 2. The predicted molar refractivity (Wildman–Crippen MR) is 168 cm³/mol. The summed E-state index contributed by atoms with van der Waals surface area (Å²) in [5.74, 6) is -0.893. The summed E-state index contributed by atoms with van der Waals surface area (Å²) in [6.07, 6.45) is 1.02. The molecule has 0 aliphatic carbocycles. The van der Waals surface area contributed by atoms with Crippen molar-refractivity contribution in [1.29, 1.82) is 0 Å². The molecular weight excluding hydrogens is 538 g/mol.